The molecule has 2 aromatic carbocycles. The molecule has 0 radical (unpaired) electrons. The number of hydrogen-bond acceptors (Lipinski definition) is 2. The van der Waals surface area contributed by atoms with Gasteiger partial charge in [-0.15, -0.1) is 0 Å². The Balaban J connectivity index is 1.70. The number of aromatic amines is 1. The maximum atomic E-state index is 13.6. The lowest BCUT2D eigenvalue weighted by Crippen LogP contribution is -2.30. The summed E-state index contributed by atoms with van der Waals surface area (Å²) in [7, 11) is 0. The van der Waals surface area contributed by atoms with Crippen molar-refractivity contribution in [3.05, 3.63) is 65.1 Å². The second-order valence-electron chi connectivity index (χ2n) is 6.26. The minimum absolute atomic E-state index is 0.101. The van der Waals surface area contributed by atoms with Crippen LogP contribution in [-0.4, -0.2) is 18.1 Å². The van der Waals surface area contributed by atoms with E-state index in [2.05, 4.69) is 29.4 Å². The summed E-state index contributed by atoms with van der Waals surface area (Å²) in [6.45, 7) is 3.72. The average molecular weight is 324 g/mol. The Morgan fingerprint density at radius 1 is 1.17 bits per heavy atom. The Morgan fingerprint density at radius 2 is 2.00 bits per heavy atom. The van der Waals surface area contributed by atoms with E-state index in [4.69, 9.17) is 4.74 Å². The topological polar surface area (TPSA) is 37.0 Å². The van der Waals surface area contributed by atoms with Gasteiger partial charge in [-0.05, 0) is 54.3 Å². The van der Waals surface area contributed by atoms with E-state index in [1.165, 1.54) is 17.2 Å². The standard InChI is InChI=1S/C20H21FN2O/c1-2-11-24-15-6-3-13(4-7-15)19-20-16(9-10-22-19)17-12-14(21)5-8-18(17)23-20/h3-8,12,19,22-23H,2,9-11H2,1H3. The molecule has 4 rings (SSSR count). The number of ether oxygens (including phenoxy) is 1. The minimum Gasteiger partial charge on any atom is -0.494 e. The van der Waals surface area contributed by atoms with Crippen LogP contribution in [0.5, 0.6) is 5.75 Å². The molecule has 2 N–H and O–H groups in total. The summed E-state index contributed by atoms with van der Waals surface area (Å²) in [5, 5.41) is 4.56. The molecule has 4 heteroatoms. The molecule has 1 unspecified atom stereocenters. The lowest BCUT2D eigenvalue weighted by molar-refractivity contribution is 0.317. The van der Waals surface area contributed by atoms with Gasteiger partial charge >= 0.3 is 0 Å². The molecule has 0 bridgehead atoms. The van der Waals surface area contributed by atoms with Gasteiger partial charge < -0.3 is 15.0 Å². The number of nitrogens with one attached hydrogen (secondary N) is 2. The number of hydrogen-bond donors (Lipinski definition) is 2. The van der Waals surface area contributed by atoms with Gasteiger partial charge in [0, 0.05) is 23.1 Å². The lowest BCUT2D eigenvalue weighted by Gasteiger charge is -2.25. The van der Waals surface area contributed by atoms with Gasteiger partial charge in [0.15, 0.2) is 0 Å². The van der Waals surface area contributed by atoms with Gasteiger partial charge in [0.1, 0.15) is 11.6 Å². The van der Waals surface area contributed by atoms with Gasteiger partial charge in [0.05, 0.1) is 12.6 Å². The maximum Gasteiger partial charge on any atom is 0.123 e. The third kappa shape index (κ3) is 2.67. The summed E-state index contributed by atoms with van der Waals surface area (Å²) in [6, 6.07) is 13.3. The van der Waals surface area contributed by atoms with Crippen molar-refractivity contribution >= 4 is 10.9 Å². The third-order valence-electron chi connectivity index (χ3n) is 4.60. The quantitative estimate of drug-likeness (QED) is 0.749. The van der Waals surface area contributed by atoms with Crippen LogP contribution in [0, 0.1) is 5.82 Å². The van der Waals surface area contributed by atoms with Gasteiger partial charge in [-0.2, -0.15) is 0 Å². The Hall–Kier alpha value is -2.33. The fraction of sp³-hybridized carbons (Fsp3) is 0.300. The van der Waals surface area contributed by atoms with Crippen LogP contribution in [0.4, 0.5) is 4.39 Å². The number of H-pyrrole nitrogens is 1. The van der Waals surface area contributed by atoms with Crippen molar-refractivity contribution < 1.29 is 9.13 Å². The van der Waals surface area contributed by atoms with Crippen LogP contribution in [0.2, 0.25) is 0 Å². The number of aromatic nitrogens is 1. The largest absolute Gasteiger partial charge is 0.494 e. The Morgan fingerprint density at radius 3 is 2.79 bits per heavy atom. The van der Waals surface area contributed by atoms with Crippen LogP contribution in [-0.2, 0) is 6.42 Å². The normalized spacial score (nSPS) is 17.0. The minimum atomic E-state index is -0.184. The summed E-state index contributed by atoms with van der Waals surface area (Å²) in [5.74, 6) is 0.715. The van der Waals surface area contributed by atoms with Crippen LogP contribution in [0.25, 0.3) is 10.9 Å². The Kier molecular flexibility index (Phi) is 3.98. The summed E-state index contributed by atoms with van der Waals surface area (Å²) in [5.41, 5.74) is 4.55. The molecular formula is C20H21FN2O. The smallest absolute Gasteiger partial charge is 0.123 e. The molecule has 0 saturated heterocycles. The van der Waals surface area contributed by atoms with E-state index in [0.29, 0.717) is 0 Å². The van der Waals surface area contributed by atoms with E-state index in [1.54, 1.807) is 6.07 Å². The number of halogens is 1. The van der Waals surface area contributed by atoms with Crippen molar-refractivity contribution in [2.24, 2.45) is 0 Å². The fourth-order valence-corrected chi connectivity index (χ4v) is 3.46. The van der Waals surface area contributed by atoms with Crippen molar-refractivity contribution in [1.82, 2.24) is 10.3 Å². The Labute approximate surface area is 140 Å². The van der Waals surface area contributed by atoms with Gasteiger partial charge in [-0.25, -0.2) is 4.39 Å². The summed E-state index contributed by atoms with van der Waals surface area (Å²) in [4.78, 5) is 3.48. The third-order valence-corrected chi connectivity index (χ3v) is 4.60. The van der Waals surface area contributed by atoms with Crippen molar-refractivity contribution in [2.75, 3.05) is 13.2 Å². The molecule has 0 spiro atoms. The van der Waals surface area contributed by atoms with Gasteiger partial charge in [0.25, 0.3) is 0 Å². The highest BCUT2D eigenvalue weighted by atomic mass is 19.1. The van der Waals surface area contributed by atoms with E-state index in [1.807, 2.05) is 18.2 Å². The molecule has 1 aromatic heterocycles. The van der Waals surface area contributed by atoms with Crippen molar-refractivity contribution in [3.63, 3.8) is 0 Å². The monoisotopic (exact) mass is 324 g/mol. The molecular weight excluding hydrogens is 303 g/mol. The molecule has 2 heterocycles. The van der Waals surface area contributed by atoms with Crippen LogP contribution >= 0.6 is 0 Å². The highest BCUT2D eigenvalue weighted by Crippen LogP contribution is 2.34. The van der Waals surface area contributed by atoms with E-state index >= 15 is 0 Å². The molecule has 3 nitrogen and oxygen atoms in total. The molecule has 1 aliphatic heterocycles. The molecule has 0 aliphatic carbocycles. The van der Waals surface area contributed by atoms with Crippen LogP contribution in [0.1, 0.15) is 36.2 Å². The summed E-state index contributed by atoms with van der Waals surface area (Å²) < 4.78 is 19.3. The predicted octanol–water partition coefficient (Wildman–Crippen LogP) is 4.33. The van der Waals surface area contributed by atoms with Gasteiger partial charge in [-0.1, -0.05) is 19.1 Å². The molecule has 0 amide bonds. The van der Waals surface area contributed by atoms with Gasteiger partial charge in [-0.3, -0.25) is 0 Å². The maximum absolute atomic E-state index is 13.6. The fourth-order valence-electron chi connectivity index (χ4n) is 3.46. The number of benzene rings is 2. The Bertz CT molecular complexity index is 854. The number of fused-ring (bicyclic) bond motifs is 3. The SMILES string of the molecule is CCCOc1ccc(C2NCCc3c2[nH]c2ccc(F)cc32)cc1. The second-order valence-corrected chi connectivity index (χ2v) is 6.26. The van der Waals surface area contributed by atoms with Crippen LogP contribution < -0.4 is 10.1 Å². The highest BCUT2D eigenvalue weighted by molar-refractivity contribution is 5.85. The van der Waals surface area contributed by atoms with Crippen LogP contribution in [0.3, 0.4) is 0 Å². The van der Waals surface area contributed by atoms with E-state index in [0.717, 1.165) is 48.3 Å². The summed E-state index contributed by atoms with van der Waals surface area (Å²) in [6.07, 6.45) is 1.91. The van der Waals surface area contributed by atoms with Gasteiger partial charge in [0.2, 0.25) is 0 Å². The van der Waals surface area contributed by atoms with Crippen molar-refractivity contribution in [1.29, 1.82) is 0 Å². The predicted molar refractivity (Wildman–Crippen MR) is 94.0 cm³/mol. The zero-order valence-electron chi connectivity index (χ0n) is 13.7. The molecule has 3 aromatic rings. The second kappa shape index (κ2) is 6.29. The van der Waals surface area contributed by atoms with E-state index < -0.39 is 0 Å². The molecule has 124 valence electrons. The zero-order chi connectivity index (χ0) is 16.5. The van der Waals surface area contributed by atoms with Crippen molar-refractivity contribution in [2.45, 2.75) is 25.8 Å². The first-order valence-electron chi connectivity index (χ1n) is 8.52. The molecule has 0 saturated carbocycles. The van der Waals surface area contributed by atoms with E-state index in [-0.39, 0.29) is 11.9 Å². The molecule has 1 atom stereocenters. The van der Waals surface area contributed by atoms with Crippen molar-refractivity contribution in [3.8, 4) is 5.75 Å². The number of rotatable bonds is 4. The first-order chi connectivity index (χ1) is 11.8. The average Bonchev–Trinajstić information content (AvgIpc) is 2.98. The molecule has 1 aliphatic rings. The first kappa shape index (κ1) is 15.2. The highest BCUT2D eigenvalue weighted by Gasteiger charge is 2.25. The van der Waals surface area contributed by atoms with Crippen LogP contribution in [0.15, 0.2) is 42.5 Å². The van der Waals surface area contributed by atoms with E-state index in [9.17, 15) is 4.39 Å². The first-order valence-corrected chi connectivity index (χ1v) is 8.52. The zero-order valence-corrected chi connectivity index (χ0v) is 13.7. The molecule has 24 heavy (non-hydrogen) atoms. The summed E-state index contributed by atoms with van der Waals surface area (Å²) >= 11 is 0. The molecule has 0 fully saturated rings. The lowest BCUT2D eigenvalue weighted by atomic mass is 9.94.